The number of hydrogen-bond acceptors (Lipinski definition) is 6. The molecule has 0 fully saturated rings. The molecule has 0 saturated carbocycles. The Labute approximate surface area is 145 Å². The summed E-state index contributed by atoms with van der Waals surface area (Å²) in [6.45, 7) is 5.82. The Morgan fingerprint density at radius 3 is 2.48 bits per heavy atom. The predicted octanol–water partition coefficient (Wildman–Crippen LogP) is 1.80. The topological polar surface area (TPSA) is 118 Å². The summed E-state index contributed by atoms with van der Waals surface area (Å²) in [7, 11) is -3.96. The van der Waals surface area contributed by atoms with E-state index in [0.717, 1.165) is 0 Å². The van der Waals surface area contributed by atoms with Crippen LogP contribution in [0.5, 0.6) is 0 Å². The third-order valence-corrected chi connectivity index (χ3v) is 5.28. The molecule has 2 aromatic rings. The highest BCUT2D eigenvalue weighted by Gasteiger charge is 2.28. The molecule has 1 aromatic carbocycles. The van der Waals surface area contributed by atoms with Crippen molar-refractivity contribution in [2.24, 2.45) is 0 Å². The van der Waals surface area contributed by atoms with Crippen LogP contribution in [-0.4, -0.2) is 31.3 Å². The highest BCUT2D eigenvalue weighted by molar-refractivity contribution is 7.89. The third-order valence-electron chi connectivity index (χ3n) is 3.50. The fourth-order valence-electron chi connectivity index (χ4n) is 2.27. The lowest BCUT2D eigenvalue weighted by Gasteiger charge is -2.14. The minimum atomic E-state index is -3.96. The lowest BCUT2D eigenvalue weighted by atomic mass is 10.1. The van der Waals surface area contributed by atoms with E-state index in [1.807, 2.05) is 0 Å². The van der Waals surface area contributed by atoms with Crippen molar-refractivity contribution in [3.8, 4) is 0 Å². The number of amides is 1. The molecule has 1 atom stereocenters. The lowest BCUT2D eigenvalue weighted by Crippen LogP contribution is -2.41. The summed E-state index contributed by atoms with van der Waals surface area (Å²) in [5, 5.41) is 6.18. The molecule has 1 heterocycles. The van der Waals surface area contributed by atoms with Gasteiger partial charge in [0.25, 0.3) is 0 Å². The number of aromatic nitrogens is 1. The Bertz CT molecular complexity index is 898. The van der Waals surface area contributed by atoms with E-state index in [1.165, 1.54) is 33.8 Å². The van der Waals surface area contributed by atoms with Crippen molar-refractivity contribution in [2.75, 3.05) is 5.32 Å². The van der Waals surface area contributed by atoms with Gasteiger partial charge in [-0.15, -0.1) is 0 Å². The van der Waals surface area contributed by atoms with Crippen molar-refractivity contribution >= 4 is 27.4 Å². The first kappa shape index (κ1) is 18.8. The Morgan fingerprint density at radius 2 is 1.92 bits per heavy atom. The van der Waals surface area contributed by atoms with E-state index in [1.54, 1.807) is 18.2 Å². The van der Waals surface area contributed by atoms with Crippen molar-refractivity contribution in [2.45, 2.75) is 38.6 Å². The number of carbonyl (C=O) groups is 2. The summed E-state index contributed by atoms with van der Waals surface area (Å²) in [5.74, 6) is -0.550. The van der Waals surface area contributed by atoms with Gasteiger partial charge in [0.2, 0.25) is 15.9 Å². The summed E-state index contributed by atoms with van der Waals surface area (Å²) >= 11 is 0. The number of Topliss-reactive ketones (excluding diaryl/α,β-unsaturated/α-hetero) is 1. The van der Waals surface area contributed by atoms with Crippen LogP contribution in [0, 0.1) is 13.8 Å². The van der Waals surface area contributed by atoms with Gasteiger partial charge >= 0.3 is 0 Å². The van der Waals surface area contributed by atoms with Crippen molar-refractivity contribution in [1.82, 2.24) is 9.88 Å². The van der Waals surface area contributed by atoms with Crippen LogP contribution in [0.2, 0.25) is 0 Å². The highest BCUT2D eigenvalue weighted by atomic mass is 32.2. The van der Waals surface area contributed by atoms with Crippen LogP contribution >= 0.6 is 0 Å². The second-order valence-electron chi connectivity index (χ2n) is 5.62. The van der Waals surface area contributed by atoms with Gasteiger partial charge in [-0.3, -0.25) is 9.59 Å². The molecular weight excluding hydrogens is 346 g/mol. The van der Waals surface area contributed by atoms with Crippen LogP contribution in [-0.2, 0) is 14.8 Å². The fourth-order valence-corrected chi connectivity index (χ4v) is 3.80. The van der Waals surface area contributed by atoms with E-state index in [0.29, 0.717) is 11.3 Å². The van der Waals surface area contributed by atoms with Gasteiger partial charge in [-0.25, -0.2) is 8.42 Å². The van der Waals surface area contributed by atoms with Gasteiger partial charge in [0.15, 0.2) is 11.5 Å². The lowest BCUT2D eigenvalue weighted by molar-refractivity contribution is -0.117. The molecule has 1 amide bonds. The van der Waals surface area contributed by atoms with Gasteiger partial charge < -0.3 is 9.84 Å². The maximum atomic E-state index is 12.4. The van der Waals surface area contributed by atoms with E-state index in [-0.39, 0.29) is 22.1 Å². The summed E-state index contributed by atoms with van der Waals surface area (Å²) in [6, 6.07) is 5.35. The normalized spacial score (nSPS) is 12.6. The molecule has 1 aromatic heterocycles. The Balaban J connectivity index is 2.13. The van der Waals surface area contributed by atoms with E-state index >= 15 is 0 Å². The fraction of sp³-hybridized carbons (Fsp3) is 0.312. The van der Waals surface area contributed by atoms with Crippen LogP contribution in [0.3, 0.4) is 0 Å². The number of carbonyl (C=O) groups excluding carboxylic acids is 2. The number of hydrogen-bond donors (Lipinski definition) is 2. The second kappa shape index (κ2) is 7.16. The van der Waals surface area contributed by atoms with Gasteiger partial charge in [0.1, 0.15) is 10.6 Å². The van der Waals surface area contributed by atoms with E-state index < -0.39 is 22.0 Å². The minimum absolute atomic E-state index is 0.0780. The zero-order chi connectivity index (χ0) is 18.8. The third kappa shape index (κ3) is 4.31. The summed E-state index contributed by atoms with van der Waals surface area (Å²) in [4.78, 5) is 23.6. The molecule has 2 rings (SSSR count). The van der Waals surface area contributed by atoms with Crippen LogP contribution < -0.4 is 10.0 Å². The molecule has 2 N–H and O–H groups in total. The first-order valence-corrected chi connectivity index (χ1v) is 8.97. The predicted molar refractivity (Wildman–Crippen MR) is 90.8 cm³/mol. The quantitative estimate of drug-likeness (QED) is 0.754. The van der Waals surface area contributed by atoms with Gasteiger partial charge in [-0.2, -0.15) is 4.72 Å². The molecule has 25 heavy (non-hydrogen) atoms. The van der Waals surface area contributed by atoms with E-state index in [9.17, 15) is 18.0 Å². The average Bonchev–Trinajstić information content (AvgIpc) is 2.86. The standard InChI is InChI=1S/C16H19N3O5S/c1-9-15(12(4)24-18-9)25(22,23)19-10(2)16(21)17-14-7-5-6-13(8-14)11(3)20/h5-8,10,19H,1-4H3,(H,17,21)/t10-/m0/s1. The molecule has 0 aliphatic heterocycles. The SMILES string of the molecule is CC(=O)c1cccc(NC(=O)[C@H](C)NS(=O)(=O)c2c(C)noc2C)c1. The molecule has 134 valence electrons. The molecule has 9 heteroatoms. The summed E-state index contributed by atoms with van der Waals surface area (Å²) < 4.78 is 32.0. The maximum absolute atomic E-state index is 12.4. The molecule has 8 nitrogen and oxygen atoms in total. The van der Waals surface area contributed by atoms with E-state index in [4.69, 9.17) is 4.52 Å². The van der Waals surface area contributed by atoms with Gasteiger partial charge in [-0.1, -0.05) is 17.3 Å². The zero-order valence-corrected chi connectivity index (χ0v) is 15.1. The van der Waals surface area contributed by atoms with Crippen LogP contribution in [0.4, 0.5) is 5.69 Å². The molecular formula is C16H19N3O5S. The Morgan fingerprint density at radius 1 is 1.24 bits per heavy atom. The molecule has 0 saturated heterocycles. The number of ketones is 1. The molecule has 0 unspecified atom stereocenters. The second-order valence-corrected chi connectivity index (χ2v) is 7.27. The number of rotatable bonds is 6. The van der Waals surface area contributed by atoms with Crippen LogP contribution in [0.25, 0.3) is 0 Å². The number of nitrogens with zero attached hydrogens (tertiary/aromatic N) is 1. The highest BCUT2D eigenvalue weighted by Crippen LogP contribution is 2.19. The van der Waals surface area contributed by atoms with Crippen molar-refractivity contribution in [1.29, 1.82) is 0 Å². The molecule has 0 bridgehead atoms. The van der Waals surface area contributed by atoms with Crippen LogP contribution in [0.15, 0.2) is 33.7 Å². The first-order valence-electron chi connectivity index (χ1n) is 7.49. The van der Waals surface area contributed by atoms with Gasteiger partial charge in [0.05, 0.1) is 6.04 Å². The number of nitrogens with one attached hydrogen (secondary N) is 2. The number of aryl methyl sites for hydroxylation is 2. The average molecular weight is 365 g/mol. The van der Waals surface area contributed by atoms with Crippen molar-refractivity contribution in [3.63, 3.8) is 0 Å². The molecule has 0 radical (unpaired) electrons. The smallest absolute Gasteiger partial charge is 0.246 e. The molecule has 0 aliphatic carbocycles. The van der Waals surface area contributed by atoms with Crippen LogP contribution in [0.1, 0.15) is 35.7 Å². The monoisotopic (exact) mass is 365 g/mol. The largest absolute Gasteiger partial charge is 0.360 e. The Kier molecular flexibility index (Phi) is 5.39. The zero-order valence-electron chi connectivity index (χ0n) is 14.3. The molecule has 0 aliphatic rings. The summed E-state index contributed by atoms with van der Waals surface area (Å²) in [5.41, 5.74) is 1.06. The molecule has 0 spiro atoms. The van der Waals surface area contributed by atoms with Gasteiger partial charge in [-0.05, 0) is 39.8 Å². The first-order chi connectivity index (χ1) is 11.6. The number of anilines is 1. The minimum Gasteiger partial charge on any atom is -0.360 e. The van der Waals surface area contributed by atoms with Crippen molar-refractivity contribution in [3.05, 3.63) is 41.3 Å². The van der Waals surface area contributed by atoms with E-state index in [2.05, 4.69) is 15.2 Å². The van der Waals surface area contributed by atoms with Crippen molar-refractivity contribution < 1.29 is 22.5 Å². The number of sulfonamides is 1. The van der Waals surface area contributed by atoms with Gasteiger partial charge in [0, 0.05) is 11.3 Å². The Hall–Kier alpha value is -2.52. The number of benzene rings is 1. The summed E-state index contributed by atoms with van der Waals surface area (Å²) in [6.07, 6.45) is 0. The maximum Gasteiger partial charge on any atom is 0.246 e.